The van der Waals surface area contributed by atoms with Crippen molar-refractivity contribution in [3.63, 3.8) is 0 Å². The second-order valence-corrected chi connectivity index (χ2v) is 3.22. The summed E-state index contributed by atoms with van der Waals surface area (Å²) in [5.41, 5.74) is 2.24. The van der Waals surface area contributed by atoms with Gasteiger partial charge in [0.15, 0.2) is 0 Å². The van der Waals surface area contributed by atoms with Crippen LogP contribution in [0.5, 0.6) is 0 Å². The first-order chi connectivity index (χ1) is 5.90. The lowest BCUT2D eigenvalue weighted by Crippen LogP contribution is -2.59. The van der Waals surface area contributed by atoms with E-state index in [9.17, 15) is 18.7 Å². The van der Waals surface area contributed by atoms with Gasteiger partial charge in [0.2, 0.25) is 0 Å². The molecule has 1 saturated heterocycles. The summed E-state index contributed by atoms with van der Waals surface area (Å²) >= 11 is 0. The number of hydrogen-bond donors (Lipinski definition) is 3. The van der Waals surface area contributed by atoms with Crippen LogP contribution in [0.2, 0.25) is 0 Å². The van der Waals surface area contributed by atoms with Crippen molar-refractivity contribution in [3.8, 4) is 0 Å². The van der Waals surface area contributed by atoms with Gasteiger partial charge in [-0.3, -0.25) is 4.79 Å². The fourth-order valence-electron chi connectivity index (χ4n) is 1.38. The molecule has 0 unspecified atom stereocenters. The number of alkyl halides is 2. The minimum Gasteiger partial charge on any atom is -0.383 e. The summed E-state index contributed by atoms with van der Waals surface area (Å²) in [6, 6.07) is 0. The van der Waals surface area contributed by atoms with Crippen LogP contribution in [-0.2, 0) is 4.79 Å². The molecule has 4 N–H and O–H groups in total. The lowest BCUT2D eigenvalue weighted by atomic mass is 9.85. The summed E-state index contributed by atoms with van der Waals surface area (Å²) in [6.07, 6.45) is -0.328. The van der Waals surface area contributed by atoms with Gasteiger partial charge in [0.05, 0.1) is 0 Å². The molecule has 0 atom stereocenters. The number of carbonyl (C=O) groups is 1. The number of nitrogens with one attached hydrogen (secondary N) is 1. The lowest BCUT2D eigenvalue weighted by Gasteiger charge is -2.36. The van der Waals surface area contributed by atoms with E-state index in [0.717, 1.165) is 0 Å². The average Bonchev–Trinajstić information content (AvgIpc) is 2.05. The van der Waals surface area contributed by atoms with Crippen LogP contribution in [0.1, 0.15) is 12.8 Å². The Morgan fingerprint density at radius 3 is 2.31 bits per heavy atom. The van der Waals surface area contributed by atoms with Gasteiger partial charge in [-0.25, -0.2) is 0 Å². The molecule has 0 aromatic carbocycles. The van der Waals surface area contributed by atoms with E-state index < -0.39 is 17.4 Å². The molecule has 1 aliphatic rings. The number of aliphatic hydroxyl groups is 1. The summed E-state index contributed by atoms with van der Waals surface area (Å²) in [4.78, 5) is 10.4. The van der Waals surface area contributed by atoms with Crippen molar-refractivity contribution in [2.24, 2.45) is 5.73 Å². The average molecular weight is 194 g/mol. The van der Waals surface area contributed by atoms with Crippen LogP contribution in [0, 0.1) is 0 Å². The molecular formula is C7H12F2N2O2. The van der Waals surface area contributed by atoms with Gasteiger partial charge in [0, 0.05) is 0 Å². The summed E-state index contributed by atoms with van der Waals surface area (Å²) in [5.74, 6) is -5.60. The summed E-state index contributed by atoms with van der Waals surface area (Å²) in [6.45, 7) is 0.527. The highest BCUT2D eigenvalue weighted by Gasteiger charge is 2.57. The van der Waals surface area contributed by atoms with Crippen molar-refractivity contribution in [2.75, 3.05) is 13.1 Å². The lowest BCUT2D eigenvalue weighted by molar-refractivity contribution is -0.196. The van der Waals surface area contributed by atoms with Gasteiger partial charge < -0.3 is 16.2 Å². The quantitative estimate of drug-likeness (QED) is 0.540. The van der Waals surface area contributed by atoms with Gasteiger partial charge in [-0.2, -0.15) is 8.78 Å². The number of carbonyl (C=O) groups excluding carboxylic acids is 1. The van der Waals surface area contributed by atoms with Gasteiger partial charge in [0.1, 0.15) is 5.60 Å². The van der Waals surface area contributed by atoms with E-state index >= 15 is 0 Å². The molecule has 0 aromatic heterocycles. The molecular weight excluding hydrogens is 182 g/mol. The second kappa shape index (κ2) is 3.19. The van der Waals surface area contributed by atoms with E-state index in [2.05, 4.69) is 11.1 Å². The van der Waals surface area contributed by atoms with Crippen molar-refractivity contribution in [1.29, 1.82) is 0 Å². The van der Waals surface area contributed by atoms with E-state index in [1.54, 1.807) is 0 Å². The minimum absolute atomic E-state index is 0.164. The number of nitrogens with two attached hydrogens (primary N) is 1. The smallest absolute Gasteiger partial charge is 0.352 e. The molecule has 1 aliphatic heterocycles. The number of halogens is 2. The van der Waals surface area contributed by atoms with Crippen LogP contribution in [0.15, 0.2) is 0 Å². The molecule has 1 amide bonds. The van der Waals surface area contributed by atoms with Crippen LogP contribution >= 0.6 is 0 Å². The monoisotopic (exact) mass is 194 g/mol. The highest BCUT2D eigenvalue weighted by atomic mass is 19.3. The van der Waals surface area contributed by atoms with Gasteiger partial charge in [-0.05, 0) is 25.9 Å². The van der Waals surface area contributed by atoms with Crippen LogP contribution in [0.3, 0.4) is 0 Å². The zero-order chi connectivity index (χ0) is 10.1. The van der Waals surface area contributed by atoms with Crippen LogP contribution < -0.4 is 11.1 Å². The number of rotatable bonds is 2. The van der Waals surface area contributed by atoms with Gasteiger partial charge in [-0.15, -0.1) is 0 Å². The minimum atomic E-state index is -3.84. The molecule has 76 valence electrons. The number of amides is 1. The zero-order valence-corrected chi connectivity index (χ0v) is 7.02. The number of piperidine rings is 1. The Kier molecular flexibility index (Phi) is 2.53. The molecule has 0 radical (unpaired) electrons. The van der Waals surface area contributed by atoms with Gasteiger partial charge in [0.25, 0.3) is 5.91 Å². The SMILES string of the molecule is NC(=O)C(F)(F)C1(O)CCNCC1. The van der Waals surface area contributed by atoms with Crippen molar-refractivity contribution >= 4 is 5.91 Å². The molecule has 0 saturated carbocycles. The largest absolute Gasteiger partial charge is 0.383 e. The molecule has 6 heteroatoms. The first kappa shape index (κ1) is 10.3. The highest BCUT2D eigenvalue weighted by Crippen LogP contribution is 2.35. The van der Waals surface area contributed by atoms with Crippen LogP contribution in [0.25, 0.3) is 0 Å². The molecule has 1 rings (SSSR count). The Labute approximate surface area is 74.1 Å². The molecule has 0 bridgehead atoms. The number of primary amides is 1. The standard InChI is InChI=1S/C7H12F2N2O2/c8-7(9,5(10)12)6(13)1-3-11-4-2-6/h11,13H,1-4H2,(H2,10,12). The Hall–Kier alpha value is -0.750. The molecule has 4 nitrogen and oxygen atoms in total. The predicted octanol–water partition coefficient (Wildman–Crippen LogP) is -0.779. The Bertz CT molecular complexity index is 215. The predicted molar refractivity (Wildman–Crippen MR) is 41.2 cm³/mol. The first-order valence-electron chi connectivity index (χ1n) is 4.01. The van der Waals surface area contributed by atoms with Gasteiger partial charge in [-0.1, -0.05) is 0 Å². The fraction of sp³-hybridized carbons (Fsp3) is 0.857. The van der Waals surface area contributed by atoms with Crippen molar-refractivity contribution in [3.05, 3.63) is 0 Å². The van der Waals surface area contributed by atoms with Crippen molar-refractivity contribution < 1.29 is 18.7 Å². The van der Waals surface area contributed by atoms with Crippen molar-refractivity contribution in [2.45, 2.75) is 24.4 Å². The molecule has 0 aromatic rings. The molecule has 1 fully saturated rings. The van der Waals surface area contributed by atoms with E-state index in [1.807, 2.05) is 0 Å². The fourth-order valence-corrected chi connectivity index (χ4v) is 1.38. The van der Waals surface area contributed by atoms with E-state index in [0.29, 0.717) is 0 Å². The van der Waals surface area contributed by atoms with Crippen LogP contribution in [0.4, 0.5) is 8.78 Å². The number of hydrogen-bond acceptors (Lipinski definition) is 3. The van der Waals surface area contributed by atoms with Crippen LogP contribution in [-0.4, -0.2) is 35.6 Å². The van der Waals surface area contributed by atoms with E-state index in [-0.39, 0.29) is 25.9 Å². The molecule has 1 heterocycles. The Balaban J connectivity index is 2.82. The van der Waals surface area contributed by atoms with Gasteiger partial charge >= 0.3 is 5.92 Å². The first-order valence-corrected chi connectivity index (χ1v) is 4.01. The third-order valence-corrected chi connectivity index (χ3v) is 2.32. The molecule has 0 aliphatic carbocycles. The maximum absolute atomic E-state index is 13.1. The van der Waals surface area contributed by atoms with E-state index in [4.69, 9.17) is 0 Å². The summed E-state index contributed by atoms with van der Waals surface area (Å²) in [7, 11) is 0. The summed E-state index contributed by atoms with van der Waals surface area (Å²) < 4.78 is 26.1. The highest BCUT2D eigenvalue weighted by molar-refractivity contribution is 5.83. The third kappa shape index (κ3) is 1.64. The molecule has 0 spiro atoms. The maximum Gasteiger partial charge on any atom is 0.352 e. The Morgan fingerprint density at radius 1 is 1.46 bits per heavy atom. The molecule has 13 heavy (non-hydrogen) atoms. The topological polar surface area (TPSA) is 75.4 Å². The zero-order valence-electron chi connectivity index (χ0n) is 7.02. The summed E-state index contributed by atoms with van der Waals surface area (Å²) in [5, 5.41) is 12.3. The van der Waals surface area contributed by atoms with E-state index in [1.165, 1.54) is 0 Å². The second-order valence-electron chi connectivity index (χ2n) is 3.22. The van der Waals surface area contributed by atoms with Crippen molar-refractivity contribution in [1.82, 2.24) is 5.32 Å². The third-order valence-electron chi connectivity index (χ3n) is 2.32. The Morgan fingerprint density at radius 2 is 1.92 bits per heavy atom. The maximum atomic E-state index is 13.1. The normalized spacial score (nSPS) is 22.7.